The van der Waals surface area contributed by atoms with Crippen molar-refractivity contribution in [1.29, 1.82) is 0 Å². The summed E-state index contributed by atoms with van der Waals surface area (Å²) < 4.78 is 0. The Morgan fingerprint density at radius 3 is 2.71 bits per heavy atom. The van der Waals surface area contributed by atoms with Crippen molar-refractivity contribution < 1.29 is 9.90 Å². The first-order valence-corrected chi connectivity index (χ1v) is 6.50. The Morgan fingerprint density at radius 2 is 2.00 bits per heavy atom. The lowest BCUT2D eigenvalue weighted by molar-refractivity contribution is 0.0697. The van der Waals surface area contributed by atoms with Gasteiger partial charge in [-0.15, -0.1) is 0 Å². The first-order chi connectivity index (χ1) is 10.1. The summed E-state index contributed by atoms with van der Waals surface area (Å²) >= 11 is 4.67. The van der Waals surface area contributed by atoms with Gasteiger partial charge in [0.2, 0.25) is 0 Å². The zero-order chi connectivity index (χ0) is 15.2. The van der Waals surface area contributed by atoms with Gasteiger partial charge in [-0.05, 0) is 35.5 Å². The van der Waals surface area contributed by atoms with Crippen molar-refractivity contribution in [2.24, 2.45) is 10.8 Å². The predicted octanol–water partition coefficient (Wildman–Crippen LogP) is 2.22. The van der Waals surface area contributed by atoms with Crippen LogP contribution in [-0.4, -0.2) is 22.4 Å². The van der Waals surface area contributed by atoms with E-state index >= 15 is 0 Å². The van der Waals surface area contributed by atoms with Crippen LogP contribution in [0.5, 0.6) is 0 Å². The molecule has 0 saturated heterocycles. The van der Waals surface area contributed by atoms with E-state index in [0.717, 1.165) is 16.7 Å². The summed E-state index contributed by atoms with van der Waals surface area (Å²) in [6, 6.07) is 14.2. The predicted molar refractivity (Wildman–Crippen MR) is 86.4 cm³/mol. The molecule has 2 aromatic rings. The largest absolute Gasteiger partial charge is 0.478 e. The second kappa shape index (κ2) is 6.62. The van der Waals surface area contributed by atoms with E-state index in [0.29, 0.717) is 0 Å². The second-order valence-electron chi connectivity index (χ2n) is 4.21. The monoisotopic (exact) mass is 299 g/mol. The Morgan fingerprint density at radius 1 is 1.24 bits per heavy atom. The highest BCUT2D eigenvalue weighted by Crippen LogP contribution is 2.23. The number of rotatable bonds is 4. The number of aromatic carboxylic acids is 1. The molecule has 106 valence electrons. The summed E-state index contributed by atoms with van der Waals surface area (Å²) in [4.78, 5) is 11.1. The van der Waals surface area contributed by atoms with Crippen molar-refractivity contribution in [2.75, 3.05) is 0 Å². The second-order valence-corrected chi connectivity index (χ2v) is 4.65. The normalized spacial score (nSPS) is 10.5. The molecule has 0 saturated carbocycles. The average molecular weight is 299 g/mol. The SMILES string of the molecule is NC(=S)NN=Cc1ccccc1-c1cccc(C(=O)O)c1. The number of hydrogen-bond acceptors (Lipinski definition) is 3. The fourth-order valence-electron chi connectivity index (χ4n) is 1.86. The Labute approximate surface area is 127 Å². The van der Waals surface area contributed by atoms with Crippen LogP contribution in [0.1, 0.15) is 15.9 Å². The van der Waals surface area contributed by atoms with E-state index in [9.17, 15) is 4.79 Å². The summed E-state index contributed by atoms with van der Waals surface area (Å²) in [5.41, 5.74) is 10.5. The smallest absolute Gasteiger partial charge is 0.335 e. The Balaban J connectivity index is 2.40. The van der Waals surface area contributed by atoms with Crippen LogP contribution in [0.3, 0.4) is 0 Å². The number of nitrogens with zero attached hydrogens (tertiary/aromatic N) is 1. The Kier molecular flexibility index (Phi) is 4.63. The van der Waals surface area contributed by atoms with Crippen LogP contribution in [0.4, 0.5) is 0 Å². The maximum absolute atomic E-state index is 11.1. The number of hydrogen-bond donors (Lipinski definition) is 3. The number of nitrogens with two attached hydrogens (primary N) is 1. The number of hydrazone groups is 1. The summed E-state index contributed by atoms with van der Waals surface area (Å²) in [6.45, 7) is 0. The molecule has 0 aliphatic rings. The van der Waals surface area contributed by atoms with Gasteiger partial charge < -0.3 is 10.8 Å². The van der Waals surface area contributed by atoms with Crippen LogP contribution < -0.4 is 11.2 Å². The fraction of sp³-hybridized carbons (Fsp3) is 0. The number of thiocarbonyl (C=S) groups is 1. The van der Waals surface area contributed by atoms with Crippen LogP contribution in [0.2, 0.25) is 0 Å². The molecule has 5 nitrogen and oxygen atoms in total. The van der Waals surface area contributed by atoms with Gasteiger partial charge in [-0.25, -0.2) is 4.79 Å². The van der Waals surface area contributed by atoms with Gasteiger partial charge in [0.1, 0.15) is 0 Å². The van der Waals surface area contributed by atoms with Crippen LogP contribution in [-0.2, 0) is 0 Å². The minimum absolute atomic E-state index is 0.0802. The van der Waals surface area contributed by atoms with Gasteiger partial charge in [0.05, 0.1) is 11.8 Å². The summed E-state index contributed by atoms with van der Waals surface area (Å²) in [7, 11) is 0. The third-order valence-corrected chi connectivity index (χ3v) is 2.85. The van der Waals surface area contributed by atoms with Crippen molar-refractivity contribution in [3.05, 3.63) is 59.7 Å². The highest BCUT2D eigenvalue weighted by Gasteiger charge is 2.07. The molecule has 21 heavy (non-hydrogen) atoms. The van der Waals surface area contributed by atoms with Gasteiger partial charge >= 0.3 is 5.97 Å². The number of nitrogens with one attached hydrogen (secondary N) is 1. The number of carboxylic acid groups (broad SMARTS) is 1. The molecule has 2 aromatic carbocycles. The highest BCUT2D eigenvalue weighted by molar-refractivity contribution is 7.80. The summed E-state index contributed by atoms with van der Waals surface area (Å²) in [5.74, 6) is -0.960. The molecule has 0 aliphatic carbocycles. The molecule has 4 N–H and O–H groups in total. The van der Waals surface area contributed by atoms with E-state index in [4.69, 9.17) is 10.8 Å². The van der Waals surface area contributed by atoms with E-state index in [-0.39, 0.29) is 10.7 Å². The van der Waals surface area contributed by atoms with E-state index in [1.165, 1.54) is 0 Å². The van der Waals surface area contributed by atoms with Crippen LogP contribution >= 0.6 is 12.2 Å². The standard InChI is InChI=1S/C15H13N3O2S/c16-15(21)18-17-9-12-4-1-2-7-13(12)10-5-3-6-11(8-10)14(19)20/h1-9H,(H,19,20)(H3,16,18,21). The molecule has 0 aliphatic heterocycles. The van der Waals surface area contributed by atoms with Gasteiger partial charge in [0.25, 0.3) is 0 Å². The molecular weight excluding hydrogens is 286 g/mol. The lowest BCUT2D eigenvalue weighted by atomic mass is 9.99. The third-order valence-electron chi connectivity index (χ3n) is 2.76. The fourth-order valence-corrected chi connectivity index (χ4v) is 1.91. The number of benzene rings is 2. The molecule has 2 rings (SSSR count). The quantitative estimate of drug-likeness (QED) is 0.458. The van der Waals surface area contributed by atoms with E-state index < -0.39 is 5.97 Å². The molecule has 0 unspecified atom stereocenters. The zero-order valence-corrected chi connectivity index (χ0v) is 11.8. The highest BCUT2D eigenvalue weighted by atomic mass is 32.1. The van der Waals surface area contributed by atoms with E-state index in [1.54, 1.807) is 24.4 Å². The van der Waals surface area contributed by atoms with Crippen molar-refractivity contribution in [3.8, 4) is 11.1 Å². The first-order valence-electron chi connectivity index (χ1n) is 6.09. The molecule has 0 bridgehead atoms. The van der Waals surface area contributed by atoms with Crippen molar-refractivity contribution in [2.45, 2.75) is 0 Å². The number of carboxylic acids is 1. The van der Waals surface area contributed by atoms with Gasteiger partial charge in [0, 0.05) is 5.56 Å². The molecule has 6 heteroatoms. The summed E-state index contributed by atoms with van der Waals surface area (Å²) in [5, 5.41) is 13.1. The molecular formula is C15H13N3O2S. The maximum Gasteiger partial charge on any atom is 0.335 e. The maximum atomic E-state index is 11.1. The van der Waals surface area contributed by atoms with Gasteiger partial charge in [-0.2, -0.15) is 5.10 Å². The molecule has 0 spiro atoms. The molecule has 0 heterocycles. The van der Waals surface area contributed by atoms with Crippen molar-refractivity contribution >= 4 is 29.5 Å². The van der Waals surface area contributed by atoms with Gasteiger partial charge in [-0.1, -0.05) is 36.4 Å². The first kappa shape index (κ1) is 14.7. The Bertz CT molecular complexity index is 714. The molecule has 0 fully saturated rings. The third kappa shape index (κ3) is 3.87. The zero-order valence-electron chi connectivity index (χ0n) is 11.0. The Hall–Kier alpha value is -2.73. The van der Waals surface area contributed by atoms with Crippen LogP contribution in [0.15, 0.2) is 53.6 Å². The van der Waals surface area contributed by atoms with Crippen LogP contribution in [0.25, 0.3) is 11.1 Å². The van der Waals surface area contributed by atoms with Crippen LogP contribution in [0, 0.1) is 0 Å². The molecule has 0 amide bonds. The van der Waals surface area contributed by atoms with E-state index in [1.807, 2.05) is 30.3 Å². The van der Waals surface area contributed by atoms with Crippen molar-refractivity contribution in [1.82, 2.24) is 5.43 Å². The van der Waals surface area contributed by atoms with Gasteiger partial charge in [0.15, 0.2) is 5.11 Å². The number of carbonyl (C=O) groups is 1. The van der Waals surface area contributed by atoms with Crippen molar-refractivity contribution in [3.63, 3.8) is 0 Å². The molecule has 0 radical (unpaired) electrons. The molecule has 0 atom stereocenters. The van der Waals surface area contributed by atoms with E-state index in [2.05, 4.69) is 22.7 Å². The molecule has 0 aromatic heterocycles. The lowest BCUT2D eigenvalue weighted by Crippen LogP contribution is -2.24. The lowest BCUT2D eigenvalue weighted by Gasteiger charge is -2.07. The van der Waals surface area contributed by atoms with Gasteiger partial charge in [-0.3, -0.25) is 5.43 Å². The minimum atomic E-state index is -0.960. The topological polar surface area (TPSA) is 87.7 Å². The summed E-state index contributed by atoms with van der Waals surface area (Å²) in [6.07, 6.45) is 1.59. The minimum Gasteiger partial charge on any atom is -0.478 e. The average Bonchev–Trinajstić information content (AvgIpc) is 2.47.